The zero-order valence-corrected chi connectivity index (χ0v) is 8.67. The first-order chi connectivity index (χ1) is 7.38. The molecule has 0 spiro atoms. The average molecular weight is 239 g/mol. The van der Waals surface area contributed by atoms with Gasteiger partial charge in [-0.25, -0.2) is 9.55 Å². The van der Waals surface area contributed by atoms with E-state index in [4.69, 9.17) is 5.73 Å². The van der Waals surface area contributed by atoms with Gasteiger partial charge in [0.05, 0.1) is 12.6 Å². The van der Waals surface area contributed by atoms with Crippen LogP contribution in [0.5, 0.6) is 0 Å². The van der Waals surface area contributed by atoms with Crippen LogP contribution in [0.15, 0.2) is 19.0 Å². The van der Waals surface area contributed by atoms with Gasteiger partial charge in [0.15, 0.2) is 0 Å². The van der Waals surface area contributed by atoms with Gasteiger partial charge < -0.3 is 23.0 Å². The average Bonchev–Trinajstić information content (AvgIpc) is 2.59. The number of aromatic nitrogens is 2. The van der Waals surface area contributed by atoms with Crippen LogP contribution in [0.2, 0.25) is 0 Å². The second-order valence-electron chi connectivity index (χ2n) is 2.88. The maximum Gasteiger partial charge on any atom is 0.673 e. The van der Waals surface area contributed by atoms with Gasteiger partial charge in [0.2, 0.25) is 0 Å². The predicted molar refractivity (Wildman–Crippen MR) is 54.9 cm³/mol. The summed E-state index contributed by atoms with van der Waals surface area (Å²) in [7, 11) is -6.00. The molecule has 0 radical (unpaired) electrons. The van der Waals surface area contributed by atoms with Crippen LogP contribution in [-0.2, 0) is 6.42 Å². The fourth-order valence-electron chi connectivity index (χ4n) is 1.02. The highest BCUT2D eigenvalue weighted by Crippen LogP contribution is 2.06. The molecule has 0 unspecified atom stereocenters. The van der Waals surface area contributed by atoms with Crippen molar-refractivity contribution in [2.45, 2.75) is 12.8 Å². The summed E-state index contributed by atoms with van der Waals surface area (Å²) in [4.78, 5) is 3.13. The van der Waals surface area contributed by atoms with E-state index in [1.165, 1.54) is 0 Å². The number of imidazole rings is 1. The van der Waals surface area contributed by atoms with E-state index in [9.17, 15) is 17.3 Å². The maximum absolute atomic E-state index is 9.75. The number of halogens is 4. The molecule has 1 aromatic heterocycles. The Kier molecular flexibility index (Phi) is 6.47. The molecule has 1 aromatic rings. The van der Waals surface area contributed by atoms with Gasteiger partial charge in [-0.3, -0.25) is 0 Å². The molecule has 3 nitrogen and oxygen atoms in total. The van der Waals surface area contributed by atoms with Crippen molar-refractivity contribution in [3.8, 4) is 0 Å². The maximum atomic E-state index is 9.75. The normalized spacial score (nSPS) is 10.6. The fourth-order valence-corrected chi connectivity index (χ4v) is 1.02. The second kappa shape index (κ2) is 7.05. The van der Waals surface area contributed by atoms with Crippen molar-refractivity contribution in [2.75, 3.05) is 6.54 Å². The Bertz CT molecular complexity index is 304. The fraction of sp³-hybridized carbons (Fsp3) is 0.375. The highest BCUT2D eigenvalue weighted by molar-refractivity contribution is 6.50. The lowest BCUT2D eigenvalue weighted by Gasteiger charge is -1.94. The molecular weight excluding hydrogens is 225 g/mol. The van der Waals surface area contributed by atoms with Crippen LogP contribution in [0.3, 0.4) is 0 Å². The monoisotopic (exact) mass is 239 g/mol. The number of H-pyrrole nitrogens is 1. The number of hydrogen-bond donors (Lipinski definition) is 2. The first-order valence-electron chi connectivity index (χ1n) is 4.65. The molecule has 0 saturated carbocycles. The van der Waals surface area contributed by atoms with Crippen LogP contribution >= 0.6 is 0 Å². The van der Waals surface area contributed by atoms with Crippen LogP contribution in [0.4, 0.5) is 17.3 Å². The molecular formula is C8H14BF4N3. The lowest BCUT2D eigenvalue weighted by atomic mass is 10.3. The van der Waals surface area contributed by atoms with E-state index in [-0.39, 0.29) is 0 Å². The molecule has 0 aliphatic heterocycles. The molecule has 0 aliphatic carbocycles. The number of nitrogens with two attached hydrogens (primary N) is 1. The Hall–Kier alpha value is -1.31. The zero-order chi connectivity index (χ0) is 12.6. The summed E-state index contributed by atoms with van der Waals surface area (Å²) in [6.45, 7) is 4.42. The predicted octanol–water partition coefficient (Wildman–Crippen LogP) is 1.59. The molecule has 0 atom stereocenters. The van der Waals surface area contributed by atoms with Gasteiger partial charge in [0.1, 0.15) is 12.4 Å². The van der Waals surface area contributed by atoms with Crippen LogP contribution in [0.1, 0.15) is 12.2 Å². The molecule has 92 valence electrons. The summed E-state index contributed by atoms with van der Waals surface area (Å²) in [6, 6.07) is 0. The van der Waals surface area contributed by atoms with Crippen LogP contribution in [0, 0.1) is 0 Å². The molecule has 1 rings (SSSR count). The van der Waals surface area contributed by atoms with Crippen LogP contribution < -0.4 is 10.3 Å². The summed E-state index contributed by atoms with van der Waals surface area (Å²) < 4.78 is 41.0. The highest BCUT2D eigenvalue weighted by atomic mass is 19.5. The third-order valence-corrected chi connectivity index (χ3v) is 1.61. The van der Waals surface area contributed by atoms with E-state index in [1.54, 1.807) is 6.20 Å². The van der Waals surface area contributed by atoms with E-state index in [2.05, 4.69) is 11.6 Å². The van der Waals surface area contributed by atoms with Crippen molar-refractivity contribution in [1.82, 2.24) is 4.98 Å². The molecule has 16 heavy (non-hydrogen) atoms. The first-order valence-corrected chi connectivity index (χ1v) is 4.65. The van der Waals surface area contributed by atoms with Crippen molar-refractivity contribution in [2.24, 2.45) is 5.73 Å². The molecule has 0 saturated heterocycles. The number of aryl methyl sites for hydroxylation is 1. The molecule has 3 N–H and O–H groups in total. The molecule has 0 amide bonds. The summed E-state index contributed by atoms with van der Waals surface area (Å²) in [5.74, 6) is 1.16. The van der Waals surface area contributed by atoms with E-state index >= 15 is 0 Å². The Labute approximate surface area is 91.1 Å². The molecule has 0 aliphatic rings. The second-order valence-corrected chi connectivity index (χ2v) is 2.88. The number of nitrogens with one attached hydrogen (secondary N) is 1. The summed E-state index contributed by atoms with van der Waals surface area (Å²) in [5.41, 5.74) is 5.39. The van der Waals surface area contributed by atoms with Crippen molar-refractivity contribution >= 4 is 13.5 Å². The quantitative estimate of drug-likeness (QED) is 0.467. The summed E-state index contributed by atoms with van der Waals surface area (Å²) in [6.07, 6.45) is 7.61. The molecule has 0 fully saturated rings. The van der Waals surface area contributed by atoms with Gasteiger partial charge in [-0.15, -0.1) is 0 Å². The van der Waals surface area contributed by atoms with Gasteiger partial charge >= 0.3 is 7.25 Å². The van der Waals surface area contributed by atoms with E-state index in [0.717, 1.165) is 25.2 Å². The minimum atomic E-state index is -6.00. The number of rotatable bonds is 4. The SMILES string of the molecule is C=C[n+]1cc[nH]c1CCCN.F[B-](F)(F)F. The largest absolute Gasteiger partial charge is 0.673 e. The van der Waals surface area contributed by atoms with Gasteiger partial charge in [-0.05, 0) is 13.0 Å². The number of aromatic amines is 1. The van der Waals surface area contributed by atoms with Crippen molar-refractivity contribution in [1.29, 1.82) is 0 Å². The Morgan fingerprint density at radius 1 is 1.44 bits per heavy atom. The first kappa shape index (κ1) is 14.7. The van der Waals surface area contributed by atoms with Gasteiger partial charge in [0, 0.05) is 0 Å². The van der Waals surface area contributed by atoms with Crippen LogP contribution in [0.25, 0.3) is 6.20 Å². The summed E-state index contributed by atoms with van der Waals surface area (Å²) in [5, 5.41) is 0. The highest BCUT2D eigenvalue weighted by Gasteiger charge is 2.20. The Balaban J connectivity index is 0.000000385. The van der Waals surface area contributed by atoms with E-state index in [1.807, 2.05) is 17.0 Å². The van der Waals surface area contributed by atoms with Crippen molar-refractivity contribution < 1.29 is 21.8 Å². The smallest absolute Gasteiger partial charge is 0.418 e. The molecule has 1 heterocycles. The third-order valence-electron chi connectivity index (χ3n) is 1.61. The van der Waals surface area contributed by atoms with Gasteiger partial charge in [-0.1, -0.05) is 6.58 Å². The minimum absolute atomic E-state index is 0.732. The lowest BCUT2D eigenvalue weighted by molar-refractivity contribution is -0.575. The van der Waals surface area contributed by atoms with E-state index < -0.39 is 7.25 Å². The zero-order valence-electron chi connectivity index (χ0n) is 8.67. The Morgan fingerprint density at radius 3 is 2.44 bits per heavy atom. The molecule has 0 bridgehead atoms. The van der Waals surface area contributed by atoms with E-state index in [0.29, 0.717) is 0 Å². The Morgan fingerprint density at radius 2 is 2.00 bits per heavy atom. The number of hydrogen-bond acceptors (Lipinski definition) is 1. The lowest BCUT2D eigenvalue weighted by Crippen LogP contribution is -2.28. The van der Waals surface area contributed by atoms with Crippen LogP contribution in [-0.4, -0.2) is 18.8 Å². The molecule has 8 heteroatoms. The minimum Gasteiger partial charge on any atom is -0.418 e. The summed E-state index contributed by atoms with van der Waals surface area (Å²) >= 11 is 0. The standard InChI is InChI=1S/C8H13N3.BF4/c1-2-11-7-6-10-8(11)4-3-5-9;2-1(3,4)5/h2,6-7H,1,3-5,9H2;/q;-1/p+1. The number of nitrogens with zero attached hydrogens (tertiary/aromatic N) is 1. The molecule has 0 aromatic carbocycles. The third kappa shape index (κ3) is 8.04. The topological polar surface area (TPSA) is 45.7 Å². The van der Waals surface area contributed by atoms with Crippen molar-refractivity contribution in [3.63, 3.8) is 0 Å². The van der Waals surface area contributed by atoms with Gasteiger partial charge in [0.25, 0.3) is 5.82 Å². The van der Waals surface area contributed by atoms with Gasteiger partial charge in [-0.2, -0.15) is 0 Å². The van der Waals surface area contributed by atoms with Crippen molar-refractivity contribution in [3.05, 3.63) is 24.8 Å².